The minimum atomic E-state index is 1.05. The topological polar surface area (TPSA) is 16.1 Å². The van der Waals surface area contributed by atoms with E-state index in [1.54, 1.807) is 0 Å². The van der Waals surface area contributed by atoms with Gasteiger partial charge in [0.2, 0.25) is 0 Å². The highest BCUT2D eigenvalue weighted by atomic mass is 15.1. The summed E-state index contributed by atoms with van der Waals surface area (Å²) < 4.78 is 0. The van der Waals surface area contributed by atoms with Gasteiger partial charge in [0.1, 0.15) is 5.82 Å². The quantitative estimate of drug-likeness (QED) is 0.751. The summed E-state index contributed by atoms with van der Waals surface area (Å²) in [6.45, 7) is 4.34. The number of hydrogen-bond acceptors (Lipinski definition) is 2. The Balaban J connectivity index is 3.05. The van der Waals surface area contributed by atoms with Crippen molar-refractivity contribution in [2.75, 3.05) is 19.0 Å². The molecule has 1 aromatic heterocycles. The lowest BCUT2D eigenvalue weighted by Gasteiger charge is -2.15. The van der Waals surface area contributed by atoms with Gasteiger partial charge in [0.15, 0.2) is 0 Å². The lowest BCUT2D eigenvalue weighted by Crippen LogP contribution is -2.12. The first-order valence-corrected chi connectivity index (χ1v) is 6.01. The van der Waals surface area contributed by atoms with Gasteiger partial charge >= 0.3 is 0 Å². The van der Waals surface area contributed by atoms with Crippen molar-refractivity contribution in [3.8, 4) is 0 Å². The SMILES string of the molecule is CC/C=C/c1cc(CCC)cnc1N(C)C. The van der Waals surface area contributed by atoms with E-state index < -0.39 is 0 Å². The molecule has 0 N–H and O–H groups in total. The first kappa shape index (κ1) is 12.8. The second-order valence-electron chi connectivity index (χ2n) is 4.21. The molecule has 0 fully saturated rings. The summed E-state index contributed by atoms with van der Waals surface area (Å²) in [5.74, 6) is 1.05. The van der Waals surface area contributed by atoms with Gasteiger partial charge in [-0.2, -0.15) is 0 Å². The molecule has 0 saturated carbocycles. The van der Waals surface area contributed by atoms with Crippen LogP contribution < -0.4 is 4.90 Å². The van der Waals surface area contributed by atoms with E-state index in [1.807, 2.05) is 20.3 Å². The van der Waals surface area contributed by atoms with E-state index in [0.717, 1.165) is 18.7 Å². The maximum atomic E-state index is 4.52. The number of nitrogens with zero attached hydrogens (tertiary/aromatic N) is 2. The molecule has 0 amide bonds. The van der Waals surface area contributed by atoms with Gasteiger partial charge in [0.05, 0.1) is 0 Å². The molecule has 0 atom stereocenters. The van der Waals surface area contributed by atoms with E-state index in [9.17, 15) is 0 Å². The van der Waals surface area contributed by atoms with Crippen molar-refractivity contribution < 1.29 is 0 Å². The van der Waals surface area contributed by atoms with Crippen molar-refractivity contribution in [3.05, 3.63) is 29.5 Å². The molecule has 0 bridgehead atoms. The van der Waals surface area contributed by atoms with Crippen molar-refractivity contribution in [2.24, 2.45) is 0 Å². The van der Waals surface area contributed by atoms with Crippen molar-refractivity contribution in [2.45, 2.75) is 33.1 Å². The third kappa shape index (κ3) is 3.37. The second kappa shape index (κ2) is 6.31. The van der Waals surface area contributed by atoms with E-state index in [4.69, 9.17) is 0 Å². The van der Waals surface area contributed by atoms with E-state index in [1.165, 1.54) is 17.5 Å². The summed E-state index contributed by atoms with van der Waals surface area (Å²) in [6, 6.07) is 2.25. The summed E-state index contributed by atoms with van der Waals surface area (Å²) in [5, 5.41) is 0. The second-order valence-corrected chi connectivity index (χ2v) is 4.21. The predicted octanol–water partition coefficient (Wildman–Crippen LogP) is 3.52. The van der Waals surface area contributed by atoms with Crippen molar-refractivity contribution in [1.82, 2.24) is 4.98 Å². The third-order valence-corrected chi connectivity index (χ3v) is 2.45. The fraction of sp³-hybridized carbons (Fsp3) is 0.500. The fourth-order valence-corrected chi connectivity index (χ4v) is 1.69. The zero-order chi connectivity index (χ0) is 12.0. The molecule has 0 aliphatic rings. The average molecular weight is 218 g/mol. The lowest BCUT2D eigenvalue weighted by molar-refractivity contribution is 0.909. The van der Waals surface area contributed by atoms with Crippen LogP contribution in [-0.4, -0.2) is 19.1 Å². The molecular weight excluding hydrogens is 196 g/mol. The van der Waals surface area contributed by atoms with Crippen LogP contribution in [0, 0.1) is 0 Å². The number of pyridine rings is 1. The molecule has 0 aromatic carbocycles. The van der Waals surface area contributed by atoms with Crippen molar-refractivity contribution >= 4 is 11.9 Å². The van der Waals surface area contributed by atoms with Gasteiger partial charge in [0, 0.05) is 25.9 Å². The molecule has 2 heteroatoms. The fourth-order valence-electron chi connectivity index (χ4n) is 1.69. The Morgan fingerprint density at radius 2 is 2.06 bits per heavy atom. The monoisotopic (exact) mass is 218 g/mol. The molecule has 1 aromatic rings. The van der Waals surface area contributed by atoms with E-state index in [0.29, 0.717) is 0 Å². The zero-order valence-electron chi connectivity index (χ0n) is 10.8. The zero-order valence-corrected chi connectivity index (χ0v) is 10.8. The molecule has 0 spiro atoms. The van der Waals surface area contributed by atoms with Crippen molar-refractivity contribution in [1.29, 1.82) is 0 Å². The Hall–Kier alpha value is -1.31. The van der Waals surface area contributed by atoms with Crippen LogP contribution in [0.5, 0.6) is 0 Å². The molecule has 2 nitrogen and oxygen atoms in total. The maximum Gasteiger partial charge on any atom is 0.135 e. The minimum absolute atomic E-state index is 1.05. The number of hydrogen-bond donors (Lipinski definition) is 0. The highest BCUT2D eigenvalue weighted by Gasteiger charge is 2.04. The van der Waals surface area contributed by atoms with E-state index in [2.05, 4.69) is 41.9 Å². The number of aryl methyl sites for hydroxylation is 1. The van der Waals surface area contributed by atoms with Crippen LogP contribution in [-0.2, 0) is 6.42 Å². The van der Waals surface area contributed by atoms with Gasteiger partial charge < -0.3 is 4.90 Å². The third-order valence-electron chi connectivity index (χ3n) is 2.45. The largest absolute Gasteiger partial charge is 0.362 e. The minimum Gasteiger partial charge on any atom is -0.362 e. The van der Waals surface area contributed by atoms with Gasteiger partial charge in [-0.15, -0.1) is 0 Å². The molecule has 0 aliphatic heterocycles. The van der Waals surface area contributed by atoms with Gasteiger partial charge in [-0.25, -0.2) is 4.98 Å². The summed E-state index contributed by atoms with van der Waals surface area (Å²) in [5.41, 5.74) is 2.54. The maximum absolute atomic E-state index is 4.52. The highest BCUT2D eigenvalue weighted by Crippen LogP contribution is 2.19. The molecule has 16 heavy (non-hydrogen) atoms. The molecule has 88 valence electrons. The number of rotatable bonds is 5. The van der Waals surface area contributed by atoms with Crippen LogP contribution in [0.4, 0.5) is 5.82 Å². The molecule has 0 aliphatic carbocycles. The first-order chi connectivity index (χ1) is 7.69. The molecule has 1 heterocycles. The van der Waals surface area contributed by atoms with Crippen LogP contribution in [0.25, 0.3) is 6.08 Å². The normalized spacial score (nSPS) is 11.0. The number of anilines is 1. The Morgan fingerprint density at radius 1 is 1.31 bits per heavy atom. The Kier molecular flexibility index (Phi) is 5.03. The van der Waals surface area contributed by atoms with E-state index in [-0.39, 0.29) is 0 Å². The number of allylic oxidation sites excluding steroid dienone is 1. The Labute approximate surface area is 99.0 Å². The van der Waals surface area contributed by atoms with Crippen LogP contribution in [0.2, 0.25) is 0 Å². The summed E-state index contributed by atoms with van der Waals surface area (Å²) in [7, 11) is 4.07. The highest BCUT2D eigenvalue weighted by molar-refractivity contribution is 5.64. The van der Waals surface area contributed by atoms with Crippen LogP contribution in [0.1, 0.15) is 37.8 Å². The smallest absolute Gasteiger partial charge is 0.135 e. The first-order valence-electron chi connectivity index (χ1n) is 6.01. The summed E-state index contributed by atoms with van der Waals surface area (Å²) in [6.07, 6.45) is 9.67. The summed E-state index contributed by atoms with van der Waals surface area (Å²) in [4.78, 5) is 6.58. The van der Waals surface area contributed by atoms with Crippen LogP contribution >= 0.6 is 0 Å². The Morgan fingerprint density at radius 3 is 2.62 bits per heavy atom. The molecule has 0 saturated heterocycles. The number of aromatic nitrogens is 1. The van der Waals surface area contributed by atoms with Gasteiger partial charge in [0.25, 0.3) is 0 Å². The molecule has 0 radical (unpaired) electrons. The average Bonchev–Trinajstić information content (AvgIpc) is 2.26. The van der Waals surface area contributed by atoms with E-state index >= 15 is 0 Å². The lowest BCUT2D eigenvalue weighted by atomic mass is 10.1. The van der Waals surface area contributed by atoms with Gasteiger partial charge in [-0.1, -0.05) is 32.4 Å². The van der Waals surface area contributed by atoms with Crippen LogP contribution in [0.3, 0.4) is 0 Å². The summed E-state index contributed by atoms with van der Waals surface area (Å²) >= 11 is 0. The van der Waals surface area contributed by atoms with Gasteiger partial charge in [-0.05, 0) is 24.5 Å². The molecular formula is C14H22N2. The standard InChI is InChI=1S/C14H22N2/c1-5-7-9-13-10-12(8-6-2)11-15-14(13)16(3)4/h7,9-11H,5-6,8H2,1-4H3/b9-7+. The Bertz CT molecular complexity index is 354. The van der Waals surface area contributed by atoms with Crippen LogP contribution in [0.15, 0.2) is 18.3 Å². The molecule has 1 rings (SSSR count). The van der Waals surface area contributed by atoms with Gasteiger partial charge in [-0.3, -0.25) is 0 Å². The molecule has 0 unspecified atom stereocenters. The van der Waals surface area contributed by atoms with Crippen molar-refractivity contribution in [3.63, 3.8) is 0 Å². The predicted molar refractivity (Wildman–Crippen MR) is 71.9 cm³/mol.